The first-order valence-electron chi connectivity index (χ1n) is 6.03. The van der Waals surface area contributed by atoms with Gasteiger partial charge in [0.15, 0.2) is 0 Å². The Hall–Kier alpha value is -2.60. The number of amides is 1. The van der Waals surface area contributed by atoms with Crippen LogP contribution in [0.4, 0.5) is 5.69 Å². The minimum absolute atomic E-state index is 0.0793. The molecule has 0 atom stereocenters. The third-order valence-electron chi connectivity index (χ3n) is 2.85. The van der Waals surface area contributed by atoms with Gasteiger partial charge >= 0.3 is 0 Å². The second kappa shape index (κ2) is 5.83. The van der Waals surface area contributed by atoms with Crippen LogP contribution in [0.5, 0.6) is 0 Å². The molecule has 0 bridgehead atoms. The highest BCUT2D eigenvalue weighted by Gasteiger charge is 2.06. The molecule has 2 aromatic rings. The summed E-state index contributed by atoms with van der Waals surface area (Å²) in [5, 5.41) is 11.7. The van der Waals surface area contributed by atoms with Crippen molar-refractivity contribution in [1.29, 1.82) is 5.26 Å². The molecule has 1 amide bonds. The summed E-state index contributed by atoms with van der Waals surface area (Å²) < 4.78 is 0. The van der Waals surface area contributed by atoms with Gasteiger partial charge in [-0.15, -0.1) is 0 Å². The number of anilines is 1. The van der Waals surface area contributed by atoms with Crippen molar-refractivity contribution in [2.45, 2.75) is 13.3 Å². The van der Waals surface area contributed by atoms with E-state index < -0.39 is 0 Å². The smallest absolute Gasteiger partial charge is 0.228 e. The third-order valence-corrected chi connectivity index (χ3v) is 2.85. The van der Waals surface area contributed by atoms with Crippen LogP contribution in [0.25, 0.3) is 0 Å². The Morgan fingerprint density at radius 2 is 1.95 bits per heavy atom. The molecule has 3 nitrogen and oxygen atoms in total. The number of carbonyl (C=O) groups excluding carboxylic acids is 1. The number of benzene rings is 2. The lowest BCUT2D eigenvalue weighted by molar-refractivity contribution is -0.115. The molecule has 0 spiro atoms. The highest BCUT2D eigenvalue weighted by atomic mass is 16.1. The van der Waals surface area contributed by atoms with Gasteiger partial charge in [-0.25, -0.2) is 0 Å². The molecule has 0 heterocycles. The van der Waals surface area contributed by atoms with Crippen molar-refractivity contribution in [3.8, 4) is 6.07 Å². The van der Waals surface area contributed by atoms with Crippen molar-refractivity contribution in [2.75, 3.05) is 5.32 Å². The van der Waals surface area contributed by atoms with Gasteiger partial charge in [0.05, 0.1) is 18.1 Å². The minimum Gasteiger partial charge on any atom is -0.326 e. The summed E-state index contributed by atoms with van der Waals surface area (Å²) in [7, 11) is 0. The molecule has 0 aliphatic heterocycles. The maximum absolute atomic E-state index is 11.9. The summed E-state index contributed by atoms with van der Waals surface area (Å²) in [6.45, 7) is 1.90. The van der Waals surface area contributed by atoms with Crippen LogP contribution in [0.1, 0.15) is 16.7 Å². The van der Waals surface area contributed by atoms with E-state index in [4.69, 9.17) is 5.26 Å². The van der Waals surface area contributed by atoms with Crippen molar-refractivity contribution in [3.63, 3.8) is 0 Å². The predicted octanol–water partition coefficient (Wildman–Crippen LogP) is 3.05. The van der Waals surface area contributed by atoms with Crippen LogP contribution in [0.15, 0.2) is 48.5 Å². The van der Waals surface area contributed by atoms with Gasteiger partial charge in [-0.3, -0.25) is 4.79 Å². The molecule has 0 aliphatic carbocycles. The van der Waals surface area contributed by atoms with E-state index in [-0.39, 0.29) is 5.91 Å². The molecule has 3 heteroatoms. The van der Waals surface area contributed by atoms with Crippen LogP contribution in [0, 0.1) is 18.3 Å². The van der Waals surface area contributed by atoms with Crippen molar-refractivity contribution in [3.05, 3.63) is 65.2 Å². The summed E-state index contributed by atoms with van der Waals surface area (Å²) in [6.07, 6.45) is 0.330. The Labute approximate surface area is 112 Å². The Kier molecular flexibility index (Phi) is 3.94. The number of aryl methyl sites for hydroxylation is 1. The fourth-order valence-corrected chi connectivity index (χ4v) is 1.80. The Bertz CT molecular complexity index is 627. The zero-order valence-corrected chi connectivity index (χ0v) is 10.7. The van der Waals surface area contributed by atoms with Gasteiger partial charge < -0.3 is 5.32 Å². The summed E-state index contributed by atoms with van der Waals surface area (Å²) in [5.74, 6) is -0.0793. The number of hydrogen-bond donors (Lipinski definition) is 1. The largest absolute Gasteiger partial charge is 0.326 e. The zero-order valence-electron chi connectivity index (χ0n) is 10.7. The van der Waals surface area contributed by atoms with E-state index >= 15 is 0 Å². The van der Waals surface area contributed by atoms with Gasteiger partial charge in [0.2, 0.25) is 5.91 Å². The summed E-state index contributed by atoms with van der Waals surface area (Å²) in [4.78, 5) is 11.9. The second-order valence-electron chi connectivity index (χ2n) is 4.35. The van der Waals surface area contributed by atoms with E-state index in [1.165, 1.54) is 0 Å². The molecule has 0 aromatic heterocycles. The Morgan fingerprint density at radius 1 is 1.21 bits per heavy atom. The van der Waals surface area contributed by atoms with Crippen LogP contribution >= 0.6 is 0 Å². The Morgan fingerprint density at radius 3 is 2.63 bits per heavy atom. The normalized spacial score (nSPS) is 9.68. The first-order chi connectivity index (χ1) is 9.19. The van der Waals surface area contributed by atoms with Gasteiger partial charge in [-0.2, -0.15) is 5.26 Å². The molecule has 0 saturated carbocycles. The van der Waals surface area contributed by atoms with E-state index in [1.807, 2.05) is 43.3 Å². The lowest BCUT2D eigenvalue weighted by Gasteiger charge is -2.08. The first kappa shape index (κ1) is 12.8. The van der Waals surface area contributed by atoms with E-state index in [0.717, 1.165) is 11.1 Å². The molecular formula is C16H14N2O. The average molecular weight is 250 g/mol. The van der Waals surface area contributed by atoms with Gasteiger partial charge in [0.25, 0.3) is 0 Å². The van der Waals surface area contributed by atoms with Gasteiger partial charge in [0.1, 0.15) is 0 Å². The van der Waals surface area contributed by atoms with Crippen LogP contribution in [0.3, 0.4) is 0 Å². The molecule has 19 heavy (non-hydrogen) atoms. The number of nitrogens with zero attached hydrogens (tertiary/aromatic N) is 1. The minimum atomic E-state index is -0.0793. The van der Waals surface area contributed by atoms with Crippen molar-refractivity contribution >= 4 is 11.6 Å². The van der Waals surface area contributed by atoms with E-state index in [0.29, 0.717) is 17.7 Å². The van der Waals surface area contributed by atoms with Gasteiger partial charge in [0, 0.05) is 5.69 Å². The van der Waals surface area contributed by atoms with Crippen LogP contribution in [-0.4, -0.2) is 5.91 Å². The molecule has 1 N–H and O–H groups in total. The quantitative estimate of drug-likeness (QED) is 0.910. The van der Waals surface area contributed by atoms with E-state index in [1.54, 1.807) is 12.1 Å². The lowest BCUT2D eigenvalue weighted by atomic mass is 10.1. The third kappa shape index (κ3) is 3.43. The van der Waals surface area contributed by atoms with Gasteiger partial charge in [-0.05, 0) is 30.2 Å². The fraction of sp³-hybridized carbons (Fsp3) is 0.125. The number of nitriles is 1. The monoisotopic (exact) mass is 250 g/mol. The van der Waals surface area contributed by atoms with E-state index in [9.17, 15) is 4.79 Å². The van der Waals surface area contributed by atoms with Crippen molar-refractivity contribution in [2.24, 2.45) is 0 Å². The molecule has 2 rings (SSSR count). The molecule has 0 saturated heterocycles. The topological polar surface area (TPSA) is 52.9 Å². The van der Waals surface area contributed by atoms with E-state index in [2.05, 4.69) is 11.4 Å². The SMILES string of the molecule is Cc1ccc(C#N)cc1NC(=O)Cc1ccccc1. The summed E-state index contributed by atoms with van der Waals surface area (Å²) >= 11 is 0. The maximum Gasteiger partial charge on any atom is 0.228 e. The zero-order chi connectivity index (χ0) is 13.7. The van der Waals surface area contributed by atoms with Gasteiger partial charge in [-0.1, -0.05) is 36.4 Å². The fourth-order valence-electron chi connectivity index (χ4n) is 1.80. The first-order valence-corrected chi connectivity index (χ1v) is 6.03. The maximum atomic E-state index is 11.9. The van der Waals surface area contributed by atoms with Crippen LogP contribution in [-0.2, 0) is 11.2 Å². The molecule has 94 valence electrons. The Balaban J connectivity index is 2.09. The molecule has 0 aliphatic rings. The number of rotatable bonds is 3. The van der Waals surface area contributed by atoms with Crippen molar-refractivity contribution in [1.82, 2.24) is 0 Å². The number of nitrogens with one attached hydrogen (secondary N) is 1. The number of carbonyl (C=O) groups is 1. The molecular weight excluding hydrogens is 236 g/mol. The molecule has 0 unspecified atom stereocenters. The summed E-state index contributed by atoms with van der Waals surface area (Å²) in [5.41, 5.74) is 3.15. The number of hydrogen-bond acceptors (Lipinski definition) is 2. The highest BCUT2D eigenvalue weighted by Crippen LogP contribution is 2.16. The highest BCUT2D eigenvalue weighted by molar-refractivity contribution is 5.93. The second-order valence-corrected chi connectivity index (χ2v) is 4.35. The standard InChI is InChI=1S/C16H14N2O/c1-12-7-8-14(11-17)9-15(12)18-16(19)10-13-5-3-2-4-6-13/h2-9H,10H2,1H3,(H,18,19). The predicted molar refractivity (Wildman–Crippen MR) is 74.7 cm³/mol. The lowest BCUT2D eigenvalue weighted by Crippen LogP contribution is -2.15. The summed E-state index contributed by atoms with van der Waals surface area (Å²) in [6, 6.07) is 16.9. The molecule has 0 fully saturated rings. The molecule has 0 radical (unpaired) electrons. The van der Waals surface area contributed by atoms with Crippen molar-refractivity contribution < 1.29 is 4.79 Å². The van der Waals surface area contributed by atoms with Crippen LogP contribution in [0.2, 0.25) is 0 Å². The average Bonchev–Trinajstić information content (AvgIpc) is 2.42. The molecule has 2 aromatic carbocycles. The van der Waals surface area contributed by atoms with Crippen LogP contribution < -0.4 is 5.32 Å².